The van der Waals surface area contributed by atoms with Crippen LogP contribution in [0.25, 0.3) is 5.70 Å². The van der Waals surface area contributed by atoms with Crippen molar-refractivity contribution < 1.29 is 29.4 Å². The highest BCUT2D eigenvalue weighted by molar-refractivity contribution is 5.90. The zero-order chi connectivity index (χ0) is 23.5. The van der Waals surface area contributed by atoms with E-state index in [0.29, 0.717) is 29.1 Å². The minimum absolute atomic E-state index is 0.0814. The van der Waals surface area contributed by atoms with Crippen molar-refractivity contribution in [3.63, 3.8) is 0 Å². The molecule has 0 saturated carbocycles. The van der Waals surface area contributed by atoms with E-state index in [0.717, 1.165) is 0 Å². The molecule has 0 spiro atoms. The molecule has 2 aliphatic heterocycles. The Morgan fingerprint density at radius 3 is 2.66 bits per heavy atom. The molecule has 0 aliphatic carbocycles. The van der Waals surface area contributed by atoms with Crippen LogP contribution < -0.4 is 4.74 Å². The Bertz CT molecular complexity index is 1000. The van der Waals surface area contributed by atoms with Crippen molar-refractivity contribution in [3.05, 3.63) is 55.6 Å². The van der Waals surface area contributed by atoms with Crippen LogP contribution in [-0.4, -0.2) is 70.4 Å². The first-order chi connectivity index (χ1) is 15.1. The first kappa shape index (κ1) is 22.8. The zero-order valence-electron chi connectivity index (χ0n) is 17.4. The van der Waals surface area contributed by atoms with Gasteiger partial charge in [0.15, 0.2) is 0 Å². The first-order valence-corrected chi connectivity index (χ1v) is 9.65. The molecule has 0 N–H and O–H groups in total. The van der Waals surface area contributed by atoms with Crippen molar-refractivity contribution in [1.82, 2.24) is 9.80 Å². The molecule has 0 aromatic heterocycles. The topological polar surface area (TPSA) is 161 Å². The molecule has 3 rings (SSSR count). The Balaban J connectivity index is 1.75. The molecular weight excluding hydrogens is 426 g/mol. The highest BCUT2D eigenvalue weighted by atomic mass is 17.0. The van der Waals surface area contributed by atoms with E-state index in [4.69, 9.17) is 4.74 Å². The fourth-order valence-electron chi connectivity index (χ4n) is 3.63. The van der Waals surface area contributed by atoms with Gasteiger partial charge in [-0.05, 0) is 38.1 Å². The third kappa shape index (κ3) is 5.41. The second-order valence-corrected chi connectivity index (χ2v) is 7.81. The number of benzene rings is 1. The number of hydrogen-bond acceptors (Lipinski definition) is 10. The zero-order valence-corrected chi connectivity index (χ0v) is 17.4. The van der Waals surface area contributed by atoms with Gasteiger partial charge in [-0.1, -0.05) is 0 Å². The number of piperazine rings is 1. The van der Waals surface area contributed by atoms with Crippen LogP contribution in [0, 0.1) is 31.6 Å². The second-order valence-electron chi connectivity index (χ2n) is 7.81. The molecule has 0 bridgehead atoms. The fourth-order valence-corrected chi connectivity index (χ4v) is 3.63. The van der Waals surface area contributed by atoms with Crippen LogP contribution in [-0.2, 0) is 14.5 Å². The van der Waals surface area contributed by atoms with Gasteiger partial charge in [0.2, 0.25) is 5.91 Å². The summed E-state index contributed by atoms with van der Waals surface area (Å²) >= 11 is 0. The number of nitrogens with zero attached hydrogens (tertiary/aromatic N) is 5. The summed E-state index contributed by atoms with van der Waals surface area (Å²) in [5, 5.41) is 28.2. The molecule has 1 aromatic rings. The maximum atomic E-state index is 13.0. The van der Waals surface area contributed by atoms with Crippen LogP contribution in [0.2, 0.25) is 0 Å². The van der Waals surface area contributed by atoms with Gasteiger partial charge in [0, 0.05) is 25.2 Å². The van der Waals surface area contributed by atoms with Crippen LogP contribution in [0.1, 0.15) is 25.0 Å². The molecule has 170 valence electrons. The molecule has 1 saturated heterocycles. The van der Waals surface area contributed by atoms with E-state index >= 15 is 0 Å². The van der Waals surface area contributed by atoms with Gasteiger partial charge >= 0.3 is 0 Å². The lowest BCUT2D eigenvalue weighted by molar-refractivity contribution is -0.789. The Labute approximate surface area is 182 Å². The van der Waals surface area contributed by atoms with Gasteiger partial charge in [0.1, 0.15) is 24.1 Å². The van der Waals surface area contributed by atoms with E-state index in [1.807, 2.05) is 19.9 Å². The number of carbonyl (C=O) groups is 1. The van der Waals surface area contributed by atoms with E-state index < -0.39 is 28.5 Å². The molecule has 1 unspecified atom stereocenters. The molecule has 0 radical (unpaired) electrons. The average Bonchev–Trinajstić information content (AvgIpc) is 2.70. The SMILES string of the molecule is CC1(C)C=C(N2CCN(CC(CO[N+](=O)[O-])O[N+](=O)[O-])CC2=O)c2cc(C#N)ccc2O1. The van der Waals surface area contributed by atoms with Crippen LogP contribution in [0.4, 0.5) is 0 Å². The van der Waals surface area contributed by atoms with Gasteiger partial charge in [-0.2, -0.15) is 5.26 Å². The largest absolute Gasteiger partial charge is 0.483 e. The van der Waals surface area contributed by atoms with Crippen molar-refractivity contribution in [2.45, 2.75) is 25.6 Å². The predicted molar refractivity (Wildman–Crippen MR) is 107 cm³/mol. The van der Waals surface area contributed by atoms with Crippen molar-refractivity contribution in [3.8, 4) is 11.8 Å². The summed E-state index contributed by atoms with van der Waals surface area (Å²) in [5.74, 6) is 0.279. The third-order valence-electron chi connectivity index (χ3n) is 4.90. The molecule has 2 heterocycles. The lowest BCUT2D eigenvalue weighted by Gasteiger charge is -2.40. The summed E-state index contributed by atoms with van der Waals surface area (Å²) in [6, 6.07) is 7.06. The smallest absolute Gasteiger partial charge is 0.294 e. The fraction of sp³-hybridized carbons (Fsp3) is 0.474. The quantitative estimate of drug-likeness (QED) is 0.415. The molecule has 13 nitrogen and oxygen atoms in total. The Kier molecular flexibility index (Phi) is 6.45. The summed E-state index contributed by atoms with van der Waals surface area (Å²) in [5.41, 5.74) is 0.986. The first-order valence-electron chi connectivity index (χ1n) is 9.65. The lowest BCUT2D eigenvalue weighted by atomic mass is 9.96. The van der Waals surface area contributed by atoms with Gasteiger partial charge in [-0.3, -0.25) is 9.69 Å². The van der Waals surface area contributed by atoms with Crippen LogP contribution >= 0.6 is 0 Å². The van der Waals surface area contributed by atoms with Crippen molar-refractivity contribution >= 4 is 11.6 Å². The van der Waals surface area contributed by atoms with Crippen molar-refractivity contribution in [2.75, 3.05) is 32.8 Å². The van der Waals surface area contributed by atoms with Crippen LogP contribution in [0.15, 0.2) is 24.3 Å². The van der Waals surface area contributed by atoms with Gasteiger partial charge in [-0.15, -0.1) is 20.2 Å². The number of fused-ring (bicyclic) bond motifs is 1. The van der Waals surface area contributed by atoms with Gasteiger partial charge < -0.3 is 19.3 Å². The van der Waals surface area contributed by atoms with Crippen LogP contribution in [0.3, 0.4) is 0 Å². The second kappa shape index (κ2) is 9.06. The summed E-state index contributed by atoms with van der Waals surface area (Å²) in [7, 11) is 0. The number of hydrogen-bond donors (Lipinski definition) is 0. The Morgan fingerprint density at radius 1 is 1.28 bits per heavy atom. The number of amides is 1. The maximum absolute atomic E-state index is 13.0. The van der Waals surface area contributed by atoms with Crippen LogP contribution in [0.5, 0.6) is 5.75 Å². The van der Waals surface area contributed by atoms with E-state index in [1.165, 1.54) is 0 Å². The van der Waals surface area contributed by atoms with E-state index in [1.54, 1.807) is 28.0 Å². The monoisotopic (exact) mass is 447 g/mol. The Hall–Kier alpha value is -3.92. The molecule has 1 aromatic carbocycles. The van der Waals surface area contributed by atoms with E-state index in [-0.39, 0.29) is 25.5 Å². The molecule has 2 aliphatic rings. The normalized spacial score (nSPS) is 18.5. The maximum Gasteiger partial charge on any atom is 0.294 e. The van der Waals surface area contributed by atoms with Gasteiger partial charge in [0.05, 0.1) is 23.9 Å². The molecule has 32 heavy (non-hydrogen) atoms. The van der Waals surface area contributed by atoms with Gasteiger partial charge in [0.25, 0.3) is 10.2 Å². The molecule has 13 heteroatoms. The number of ether oxygens (including phenoxy) is 1. The predicted octanol–water partition coefficient (Wildman–Crippen LogP) is 1.000. The molecule has 1 atom stereocenters. The molecule has 1 amide bonds. The highest BCUT2D eigenvalue weighted by Crippen LogP contribution is 2.38. The average molecular weight is 447 g/mol. The number of nitriles is 1. The van der Waals surface area contributed by atoms with Crippen molar-refractivity contribution in [1.29, 1.82) is 5.26 Å². The minimum atomic E-state index is -1.23. The highest BCUT2D eigenvalue weighted by Gasteiger charge is 2.35. The van der Waals surface area contributed by atoms with Gasteiger partial charge in [-0.25, -0.2) is 0 Å². The lowest BCUT2D eigenvalue weighted by Crippen LogP contribution is -2.52. The van der Waals surface area contributed by atoms with Crippen molar-refractivity contribution in [2.24, 2.45) is 0 Å². The number of carbonyl (C=O) groups excluding carboxylic acids is 1. The summed E-state index contributed by atoms with van der Waals surface area (Å²) < 4.78 is 5.95. The molecule has 1 fully saturated rings. The third-order valence-corrected chi connectivity index (χ3v) is 4.90. The molecular formula is C19H21N5O8. The number of rotatable bonds is 8. The summed E-state index contributed by atoms with van der Waals surface area (Å²) in [4.78, 5) is 45.9. The van der Waals surface area contributed by atoms with E-state index in [2.05, 4.69) is 15.7 Å². The summed E-state index contributed by atoms with van der Waals surface area (Å²) in [6.45, 7) is 3.49. The summed E-state index contributed by atoms with van der Waals surface area (Å²) in [6.07, 6.45) is 0.586. The minimum Gasteiger partial charge on any atom is -0.483 e. The van der Waals surface area contributed by atoms with E-state index in [9.17, 15) is 30.3 Å². The standard InChI is InChI=1S/C19H21N5O8/c1-19(2)8-16(15-7-13(9-20)3-4-17(15)31-19)22-6-5-21(11-18(22)25)10-14(32-24(28)29)12-30-23(26)27/h3-4,7-8,14H,5-6,10-12H2,1-2H3. The Morgan fingerprint density at radius 2 is 2.03 bits per heavy atom.